The summed E-state index contributed by atoms with van der Waals surface area (Å²) in [5.41, 5.74) is 5.48. The van der Waals surface area contributed by atoms with Gasteiger partial charge in [0.15, 0.2) is 0 Å². The van der Waals surface area contributed by atoms with Gasteiger partial charge in [0.1, 0.15) is 18.1 Å². The molecule has 3 rings (SSSR count). The lowest BCUT2D eigenvalue weighted by Gasteiger charge is -2.16. The molecule has 0 fully saturated rings. The van der Waals surface area contributed by atoms with Crippen LogP contribution in [0.3, 0.4) is 0 Å². The smallest absolute Gasteiger partial charge is 0.251 e. The van der Waals surface area contributed by atoms with Crippen molar-refractivity contribution in [2.45, 2.75) is 40.3 Å². The highest BCUT2D eigenvalue weighted by atomic mass is 16.5. The molecular weight excluding hydrogens is 378 g/mol. The van der Waals surface area contributed by atoms with Crippen LogP contribution in [0.4, 0.5) is 0 Å². The summed E-state index contributed by atoms with van der Waals surface area (Å²) in [4.78, 5) is 12.9. The molecular formula is C24H29N3O3. The van der Waals surface area contributed by atoms with Crippen molar-refractivity contribution in [3.63, 3.8) is 0 Å². The number of hydrogen-bond acceptors (Lipinski definition) is 4. The minimum Gasteiger partial charge on any atom is -0.496 e. The third-order valence-electron chi connectivity index (χ3n) is 5.13. The van der Waals surface area contributed by atoms with Crippen LogP contribution in [-0.2, 0) is 13.7 Å². The Balaban J connectivity index is 1.77. The maximum atomic E-state index is 12.9. The lowest BCUT2D eigenvalue weighted by molar-refractivity contribution is 0.0939. The van der Waals surface area contributed by atoms with E-state index >= 15 is 0 Å². The van der Waals surface area contributed by atoms with Gasteiger partial charge in [0.05, 0.1) is 18.8 Å². The average molecular weight is 408 g/mol. The first-order chi connectivity index (χ1) is 14.3. The molecule has 3 aromatic rings. The Labute approximate surface area is 177 Å². The zero-order valence-corrected chi connectivity index (χ0v) is 18.4. The highest BCUT2D eigenvalue weighted by Gasteiger charge is 2.17. The van der Waals surface area contributed by atoms with Gasteiger partial charge in [-0.25, -0.2) is 0 Å². The highest BCUT2D eigenvalue weighted by Crippen LogP contribution is 2.25. The first-order valence-electron chi connectivity index (χ1n) is 9.96. The fraction of sp³-hybridized carbons (Fsp3) is 0.333. The minimum atomic E-state index is -0.151. The van der Waals surface area contributed by atoms with Crippen molar-refractivity contribution >= 4 is 5.91 Å². The van der Waals surface area contributed by atoms with Crippen LogP contribution in [0, 0.1) is 20.8 Å². The first kappa shape index (κ1) is 21.4. The molecule has 0 saturated carbocycles. The Morgan fingerprint density at radius 1 is 1.13 bits per heavy atom. The Bertz CT molecular complexity index is 1060. The Hall–Kier alpha value is -3.28. The van der Waals surface area contributed by atoms with E-state index in [1.54, 1.807) is 23.9 Å². The molecule has 0 aliphatic heterocycles. The molecule has 0 aliphatic rings. The van der Waals surface area contributed by atoms with Crippen molar-refractivity contribution in [2.24, 2.45) is 7.05 Å². The third kappa shape index (κ3) is 4.82. The number of carbonyl (C=O) groups excluding carboxylic acids is 1. The van der Waals surface area contributed by atoms with E-state index in [1.807, 2.05) is 59.1 Å². The van der Waals surface area contributed by atoms with Crippen molar-refractivity contribution in [3.05, 3.63) is 76.1 Å². The summed E-state index contributed by atoms with van der Waals surface area (Å²) in [5.74, 6) is 1.36. The molecule has 0 aliphatic carbocycles. The number of methoxy groups -OCH3 is 1. The van der Waals surface area contributed by atoms with Gasteiger partial charge in [-0.05, 0) is 63.1 Å². The molecule has 6 heteroatoms. The summed E-state index contributed by atoms with van der Waals surface area (Å²) in [7, 11) is 3.49. The second-order valence-corrected chi connectivity index (χ2v) is 7.62. The Kier molecular flexibility index (Phi) is 6.45. The van der Waals surface area contributed by atoms with Crippen LogP contribution in [0.5, 0.6) is 11.5 Å². The fourth-order valence-electron chi connectivity index (χ4n) is 3.45. The summed E-state index contributed by atoms with van der Waals surface area (Å²) in [6.07, 6.45) is 1.93. The van der Waals surface area contributed by atoms with Gasteiger partial charge in [-0.15, -0.1) is 0 Å². The van der Waals surface area contributed by atoms with E-state index in [2.05, 4.69) is 16.5 Å². The molecule has 0 saturated heterocycles. The number of hydrogen-bond donors (Lipinski definition) is 1. The zero-order chi connectivity index (χ0) is 21.8. The van der Waals surface area contributed by atoms with E-state index in [-0.39, 0.29) is 11.9 Å². The van der Waals surface area contributed by atoms with Crippen LogP contribution in [-0.4, -0.2) is 22.8 Å². The summed E-state index contributed by atoms with van der Waals surface area (Å²) >= 11 is 0. The van der Waals surface area contributed by atoms with Crippen LogP contribution in [0.2, 0.25) is 0 Å². The van der Waals surface area contributed by atoms with E-state index in [0.29, 0.717) is 17.9 Å². The zero-order valence-electron chi connectivity index (χ0n) is 18.4. The second kappa shape index (κ2) is 9.03. The maximum Gasteiger partial charge on any atom is 0.251 e. The summed E-state index contributed by atoms with van der Waals surface area (Å²) in [6.45, 7) is 8.25. The van der Waals surface area contributed by atoms with Gasteiger partial charge in [0.25, 0.3) is 5.91 Å². The fourth-order valence-corrected chi connectivity index (χ4v) is 3.45. The normalized spacial score (nSPS) is 11.8. The van der Waals surface area contributed by atoms with E-state index in [0.717, 1.165) is 33.7 Å². The minimum absolute atomic E-state index is 0.150. The second-order valence-electron chi connectivity index (χ2n) is 7.62. The quantitative estimate of drug-likeness (QED) is 0.629. The number of nitrogens with zero attached hydrogens (tertiary/aromatic N) is 2. The predicted molar refractivity (Wildman–Crippen MR) is 117 cm³/mol. The van der Waals surface area contributed by atoms with Crippen LogP contribution in [0.1, 0.15) is 51.3 Å². The van der Waals surface area contributed by atoms with E-state index in [1.165, 1.54) is 0 Å². The number of benzene rings is 2. The topological polar surface area (TPSA) is 65.4 Å². The van der Waals surface area contributed by atoms with Crippen molar-refractivity contribution < 1.29 is 14.3 Å². The largest absolute Gasteiger partial charge is 0.496 e. The molecule has 1 unspecified atom stereocenters. The average Bonchev–Trinajstić information content (AvgIpc) is 3.06. The van der Waals surface area contributed by atoms with Gasteiger partial charge in [-0.1, -0.05) is 12.1 Å². The van der Waals surface area contributed by atoms with Crippen LogP contribution in [0.15, 0.2) is 42.6 Å². The number of carbonyl (C=O) groups is 1. The highest BCUT2D eigenvalue weighted by molar-refractivity contribution is 5.94. The van der Waals surface area contributed by atoms with E-state index in [4.69, 9.17) is 9.47 Å². The van der Waals surface area contributed by atoms with E-state index in [9.17, 15) is 4.79 Å². The summed E-state index contributed by atoms with van der Waals surface area (Å²) in [6, 6.07) is 11.3. The first-order valence-corrected chi connectivity index (χ1v) is 9.96. The van der Waals surface area contributed by atoms with Crippen molar-refractivity contribution in [3.8, 4) is 11.5 Å². The molecule has 1 amide bonds. The lowest BCUT2D eigenvalue weighted by Crippen LogP contribution is -2.27. The third-order valence-corrected chi connectivity index (χ3v) is 5.13. The number of nitrogens with one attached hydrogen (secondary N) is 1. The molecule has 0 radical (unpaired) electrons. The molecule has 6 nitrogen and oxygen atoms in total. The van der Waals surface area contributed by atoms with Crippen LogP contribution >= 0.6 is 0 Å². The lowest BCUT2D eigenvalue weighted by atomic mass is 10.1. The van der Waals surface area contributed by atoms with Gasteiger partial charge >= 0.3 is 0 Å². The van der Waals surface area contributed by atoms with Gasteiger partial charge in [-0.3, -0.25) is 9.48 Å². The molecule has 1 aromatic heterocycles. The standard InChI is InChI=1S/C24H29N3O3/c1-15-7-8-16(2)23(11-15)30-14-20-12-19(9-10-22(20)29-6)24(28)25-17(3)21-13-27(5)26-18(21)4/h7-13,17H,14H2,1-6H3,(H,25,28). The Morgan fingerprint density at radius 2 is 1.90 bits per heavy atom. The number of amides is 1. The number of aryl methyl sites for hydroxylation is 4. The van der Waals surface area contributed by atoms with Gasteiger partial charge in [0, 0.05) is 29.9 Å². The van der Waals surface area contributed by atoms with Gasteiger partial charge < -0.3 is 14.8 Å². The SMILES string of the molecule is COc1ccc(C(=O)NC(C)c2cn(C)nc2C)cc1COc1cc(C)ccc1C. The molecule has 0 bridgehead atoms. The van der Waals surface area contributed by atoms with E-state index < -0.39 is 0 Å². The number of ether oxygens (including phenoxy) is 2. The molecule has 30 heavy (non-hydrogen) atoms. The molecule has 1 N–H and O–H groups in total. The van der Waals surface area contributed by atoms with Crippen molar-refractivity contribution in [1.29, 1.82) is 0 Å². The monoisotopic (exact) mass is 407 g/mol. The van der Waals surface area contributed by atoms with Crippen LogP contribution < -0.4 is 14.8 Å². The maximum absolute atomic E-state index is 12.9. The summed E-state index contributed by atoms with van der Waals surface area (Å²) < 4.78 is 13.2. The molecule has 1 heterocycles. The molecule has 0 spiro atoms. The van der Waals surface area contributed by atoms with Gasteiger partial charge in [-0.2, -0.15) is 5.10 Å². The summed E-state index contributed by atoms with van der Waals surface area (Å²) in [5, 5.41) is 7.40. The van der Waals surface area contributed by atoms with Crippen LogP contribution in [0.25, 0.3) is 0 Å². The molecule has 158 valence electrons. The van der Waals surface area contributed by atoms with Crippen molar-refractivity contribution in [1.82, 2.24) is 15.1 Å². The predicted octanol–water partition coefficient (Wildman–Crippen LogP) is 4.42. The van der Waals surface area contributed by atoms with Gasteiger partial charge in [0.2, 0.25) is 0 Å². The molecule has 1 atom stereocenters. The number of rotatable bonds is 7. The van der Waals surface area contributed by atoms with Crippen molar-refractivity contribution in [2.75, 3.05) is 7.11 Å². The number of aromatic nitrogens is 2. The molecule has 2 aromatic carbocycles. The Morgan fingerprint density at radius 3 is 2.57 bits per heavy atom.